The number of hydrogen-bond donors (Lipinski definition) is 1. The number of ketones is 1. The van der Waals surface area contributed by atoms with E-state index in [0.29, 0.717) is 35.1 Å². The number of anilines is 1. The van der Waals surface area contributed by atoms with Crippen LogP contribution in [0.15, 0.2) is 12.1 Å². The Morgan fingerprint density at radius 1 is 1.26 bits per heavy atom. The highest BCUT2D eigenvalue weighted by Gasteiger charge is 2.26. The van der Waals surface area contributed by atoms with Crippen molar-refractivity contribution in [2.24, 2.45) is 5.92 Å². The van der Waals surface area contributed by atoms with Crippen molar-refractivity contribution in [1.29, 1.82) is 0 Å². The van der Waals surface area contributed by atoms with Crippen LogP contribution in [-0.4, -0.2) is 31.6 Å². The van der Waals surface area contributed by atoms with Crippen molar-refractivity contribution in [3.05, 3.63) is 17.7 Å². The van der Waals surface area contributed by atoms with Crippen molar-refractivity contribution >= 4 is 29.2 Å². The normalized spacial score (nSPS) is 17.1. The van der Waals surface area contributed by atoms with Gasteiger partial charge in [0.2, 0.25) is 12.7 Å². The van der Waals surface area contributed by atoms with E-state index in [4.69, 9.17) is 21.3 Å². The first-order valence-electron chi connectivity index (χ1n) is 7.70. The van der Waals surface area contributed by atoms with Gasteiger partial charge in [-0.2, -0.15) is 0 Å². The number of halogens is 1. The number of amides is 1. The van der Waals surface area contributed by atoms with E-state index in [1.807, 2.05) is 0 Å². The predicted octanol–water partition coefficient (Wildman–Crippen LogP) is 2.49. The van der Waals surface area contributed by atoms with Crippen molar-refractivity contribution in [1.82, 2.24) is 5.32 Å². The summed E-state index contributed by atoms with van der Waals surface area (Å²) in [5.41, 5.74) is 0.699. The molecule has 0 unspecified atom stereocenters. The van der Waals surface area contributed by atoms with Crippen molar-refractivity contribution in [3.8, 4) is 11.5 Å². The summed E-state index contributed by atoms with van der Waals surface area (Å²) in [7, 11) is 0. The van der Waals surface area contributed by atoms with Crippen LogP contribution in [0.2, 0.25) is 0 Å². The van der Waals surface area contributed by atoms with Crippen molar-refractivity contribution in [2.75, 3.05) is 24.3 Å². The summed E-state index contributed by atoms with van der Waals surface area (Å²) in [4.78, 5) is 24.4. The number of benzene rings is 1. The maximum Gasteiger partial charge on any atom is 0.241 e. The molecule has 6 nitrogen and oxygen atoms in total. The molecule has 1 aromatic rings. The lowest BCUT2D eigenvalue weighted by molar-refractivity contribution is -0.118. The number of ether oxygens (including phenoxy) is 2. The van der Waals surface area contributed by atoms with Crippen LogP contribution in [0, 0.1) is 5.92 Å². The number of nitrogens with zero attached hydrogens (tertiary/aromatic N) is 1. The third-order valence-corrected chi connectivity index (χ3v) is 4.59. The number of rotatable bonds is 4. The second-order valence-electron chi connectivity index (χ2n) is 5.85. The van der Waals surface area contributed by atoms with Gasteiger partial charge in [-0.05, 0) is 44.8 Å². The van der Waals surface area contributed by atoms with Crippen LogP contribution in [0.5, 0.6) is 11.5 Å². The summed E-state index contributed by atoms with van der Waals surface area (Å²) >= 11 is 6.25. The Hall–Kier alpha value is -1.79. The molecule has 1 fully saturated rings. The molecule has 0 saturated carbocycles. The Kier molecular flexibility index (Phi) is 4.73. The first-order chi connectivity index (χ1) is 11.1. The molecule has 1 aromatic carbocycles. The zero-order valence-electron chi connectivity index (χ0n) is 12.9. The lowest BCUT2D eigenvalue weighted by atomic mass is 9.94. The first-order valence-corrected chi connectivity index (χ1v) is 8.04. The van der Waals surface area contributed by atoms with Crippen LogP contribution < -0.4 is 19.2 Å². The largest absolute Gasteiger partial charge is 0.454 e. The van der Waals surface area contributed by atoms with E-state index >= 15 is 0 Å². The number of carbonyl (C=O) groups excluding carboxylic acids is 2. The maximum atomic E-state index is 12.5. The number of nitrogens with one attached hydrogen (secondary N) is 1. The van der Waals surface area contributed by atoms with Crippen molar-refractivity contribution in [2.45, 2.75) is 26.2 Å². The Morgan fingerprint density at radius 2 is 1.91 bits per heavy atom. The van der Waals surface area contributed by atoms with E-state index in [9.17, 15) is 9.59 Å². The molecule has 23 heavy (non-hydrogen) atoms. The van der Waals surface area contributed by atoms with E-state index in [0.717, 1.165) is 30.4 Å². The maximum absolute atomic E-state index is 12.5. The SMILES string of the molecule is CC(=O)c1cc2c(cc1N(Cl)C(=O)CC1CCNCC1)OCO2. The van der Waals surface area contributed by atoms with E-state index in [1.165, 1.54) is 6.92 Å². The zero-order chi connectivity index (χ0) is 16.4. The highest BCUT2D eigenvalue weighted by molar-refractivity contribution is 6.37. The van der Waals surface area contributed by atoms with Crippen LogP contribution in [0.3, 0.4) is 0 Å². The highest BCUT2D eigenvalue weighted by Crippen LogP contribution is 2.39. The molecule has 2 aliphatic rings. The molecular formula is C16H19ClN2O4. The second-order valence-corrected chi connectivity index (χ2v) is 6.19. The van der Waals surface area contributed by atoms with Gasteiger partial charge >= 0.3 is 0 Å². The average Bonchev–Trinajstić information content (AvgIpc) is 3.01. The third-order valence-electron chi connectivity index (χ3n) is 4.22. The molecule has 1 N–H and O–H groups in total. The number of hydrogen-bond acceptors (Lipinski definition) is 5. The van der Waals surface area contributed by atoms with Gasteiger partial charge in [-0.15, -0.1) is 0 Å². The number of Topliss-reactive ketones (excluding diaryl/α,β-unsaturated/α-hetero) is 1. The average molecular weight is 339 g/mol. The molecule has 0 aliphatic carbocycles. The summed E-state index contributed by atoms with van der Waals surface area (Å²) in [6, 6.07) is 3.17. The van der Waals surface area contributed by atoms with Gasteiger partial charge < -0.3 is 14.8 Å². The number of piperidine rings is 1. The van der Waals surface area contributed by atoms with Crippen LogP contribution in [0.4, 0.5) is 5.69 Å². The van der Waals surface area contributed by atoms with Crippen LogP contribution in [0.25, 0.3) is 0 Å². The fourth-order valence-electron chi connectivity index (χ4n) is 2.92. The van der Waals surface area contributed by atoms with E-state index < -0.39 is 0 Å². The van der Waals surface area contributed by atoms with Gasteiger partial charge in [-0.25, -0.2) is 4.42 Å². The van der Waals surface area contributed by atoms with Crippen LogP contribution in [-0.2, 0) is 4.79 Å². The molecule has 1 saturated heterocycles. The van der Waals surface area contributed by atoms with Gasteiger partial charge in [0.05, 0.1) is 5.69 Å². The van der Waals surface area contributed by atoms with Gasteiger partial charge in [0.1, 0.15) is 0 Å². The summed E-state index contributed by atoms with van der Waals surface area (Å²) < 4.78 is 11.6. The molecule has 2 heterocycles. The lowest BCUT2D eigenvalue weighted by Crippen LogP contribution is -2.32. The molecule has 3 rings (SSSR count). The molecule has 1 amide bonds. The smallest absolute Gasteiger partial charge is 0.241 e. The minimum atomic E-state index is -0.208. The van der Waals surface area contributed by atoms with Gasteiger partial charge in [0.15, 0.2) is 17.3 Å². The molecule has 2 aliphatic heterocycles. The van der Waals surface area contributed by atoms with Crippen molar-refractivity contribution < 1.29 is 19.1 Å². The van der Waals surface area contributed by atoms with Gasteiger partial charge in [-0.1, -0.05) is 0 Å². The molecule has 124 valence electrons. The fraction of sp³-hybridized carbons (Fsp3) is 0.500. The van der Waals surface area contributed by atoms with Crippen LogP contribution >= 0.6 is 11.8 Å². The Labute approximate surface area is 139 Å². The zero-order valence-corrected chi connectivity index (χ0v) is 13.7. The topological polar surface area (TPSA) is 67.9 Å². The molecule has 0 spiro atoms. The number of fused-ring (bicyclic) bond motifs is 1. The molecule has 0 atom stereocenters. The van der Waals surface area contributed by atoms with Gasteiger partial charge in [-0.3, -0.25) is 9.59 Å². The minimum Gasteiger partial charge on any atom is -0.454 e. The summed E-state index contributed by atoms with van der Waals surface area (Å²) in [6.45, 7) is 3.37. The van der Waals surface area contributed by atoms with Crippen LogP contribution in [0.1, 0.15) is 36.5 Å². The molecule has 0 radical (unpaired) electrons. The molecule has 0 bridgehead atoms. The Bertz CT molecular complexity index is 629. The summed E-state index contributed by atoms with van der Waals surface area (Å²) in [5, 5.41) is 3.27. The summed E-state index contributed by atoms with van der Waals surface area (Å²) in [5.74, 6) is 0.915. The Balaban J connectivity index is 1.81. The van der Waals surface area contributed by atoms with Crippen molar-refractivity contribution in [3.63, 3.8) is 0 Å². The summed E-state index contributed by atoms with van der Waals surface area (Å²) in [6.07, 6.45) is 2.28. The minimum absolute atomic E-state index is 0.0986. The quantitative estimate of drug-likeness (QED) is 0.675. The van der Waals surface area contributed by atoms with Gasteiger partial charge in [0, 0.05) is 29.8 Å². The Morgan fingerprint density at radius 3 is 2.57 bits per heavy atom. The first kappa shape index (κ1) is 16.1. The fourth-order valence-corrected chi connectivity index (χ4v) is 3.13. The second kappa shape index (κ2) is 6.76. The molecule has 0 aromatic heterocycles. The predicted molar refractivity (Wildman–Crippen MR) is 86.1 cm³/mol. The standard InChI is InChI=1S/C16H19ClN2O4/c1-10(20)12-7-14-15(23-9-22-14)8-13(12)19(17)16(21)6-11-2-4-18-5-3-11/h7-8,11,18H,2-6,9H2,1H3. The van der Waals surface area contributed by atoms with E-state index in [2.05, 4.69) is 5.32 Å². The highest BCUT2D eigenvalue weighted by atomic mass is 35.5. The number of carbonyl (C=O) groups is 2. The molecule has 7 heteroatoms. The van der Waals surface area contributed by atoms with Gasteiger partial charge in [0.25, 0.3) is 0 Å². The monoisotopic (exact) mass is 338 g/mol. The molecular weight excluding hydrogens is 320 g/mol. The van der Waals surface area contributed by atoms with E-state index in [-0.39, 0.29) is 18.5 Å². The van der Waals surface area contributed by atoms with E-state index in [1.54, 1.807) is 12.1 Å². The lowest BCUT2D eigenvalue weighted by Gasteiger charge is -2.24. The third kappa shape index (κ3) is 3.43.